The third kappa shape index (κ3) is 7.53. The van der Waals surface area contributed by atoms with Gasteiger partial charge in [0.25, 0.3) is 0 Å². The van der Waals surface area contributed by atoms with Gasteiger partial charge in [-0.15, -0.1) is 0 Å². The van der Waals surface area contributed by atoms with Crippen molar-refractivity contribution in [3.63, 3.8) is 0 Å². The second-order valence-corrected chi connectivity index (χ2v) is 10.5. The van der Waals surface area contributed by atoms with Crippen LogP contribution in [-0.4, -0.2) is 52.8 Å². The van der Waals surface area contributed by atoms with Gasteiger partial charge >= 0.3 is 5.97 Å². The van der Waals surface area contributed by atoms with E-state index >= 15 is 0 Å². The smallest absolute Gasteiger partial charge is 0.303 e. The number of aliphatic hydroxyl groups excluding tert-OH is 1. The largest absolute Gasteiger partial charge is 0.497 e. The molecule has 2 aromatic carbocycles. The quantitative estimate of drug-likeness (QED) is 0.324. The highest BCUT2D eigenvalue weighted by Gasteiger charge is 2.30. The van der Waals surface area contributed by atoms with Gasteiger partial charge < -0.3 is 19.8 Å². The van der Waals surface area contributed by atoms with Crippen LogP contribution in [0.1, 0.15) is 61.3 Å². The van der Waals surface area contributed by atoms with Gasteiger partial charge in [0.2, 0.25) is 0 Å². The number of benzene rings is 2. The second kappa shape index (κ2) is 13.0. The summed E-state index contributed by atoms with van der Waals surface area (Å²) < 4.78 is 5.38. The van der Waals surface area contributed by atoms with Crippen molar-refractivity contribution >= 4 is 16.9 Å². The maximum absolute atomic E-state index is 11.3. The third-order valence-electron chi connectivity index (χ3n) is 7.92. The average Bonchev–Trinajstić information content (AvgIpc) is 2.91. The monoisotopic (exact) mass is 504 g/mol. The number of nitrogens with zero attached hydrogens (tertiary/aromatic N) is 2. The van der Waals surface area contributed by atoms with Gasteiger partial charge in [0.15, 0.2) is 0 Å². The Labute approximate surface area is 220 Å². The summed E-state index contributed by atoms with van der Waals surface area (Å²) in [6, 6.07) is 16.4. The number of piperidine rings is 1. The van der Waals surface area contributed by atoms with Crippen molar-refractivity contribution in [2.45, 2.75) is 58.0 Å². The summed E-state index contributed by atoms with van der Waals surface area (Å²) in [7, 11) is 1.64. The van der Waals surface area contributed by atoms with Crippen LogP contribution in [0.5, 0.6) is 5.75 Å². The van der Waals surface area contributed by atoms with Crippen LogP contribution in [0.4, 0.5) is 0 Å². The zero-order valence-corrected chi connectivity index (χ0v) is 22.1. The van der Waals surface area contributed by atoms with E-state index in [1.807, 2.05) is 24.3 Å². The molecule has 37 heavy (non-hydrogen) atoms. The van der Waals surface area contributed by atoms with E-state index in [2.05, 4.69) is 41.1 Å². The molecule has 0 saturated carbocycles. The zero-order valence-electron chi connectivity index (χ0n) is 22.1. The Hall–Kier alpha value is -2.96. The van der Waals surface area contributed by atoms with Gasteiger partial charge in [-0.25, -0.2) is 0 Å². The van der Waals surface area contributed by atoms with Gasteiger partial charge in [-0.2, -0.15) is 0 Å². The highest BCUT2D eigenvalue weighted by molar-refractivity contribution is 5.83. The number of carbonyl (C=O) groups is 1. The minimum Gasteiger partial charge on any atom is -0.497 e. The molecule has 0 amide bonds. The van der Waals surface area contributed by atoms with Crippen LogP contribution in [0, 0.1) is 18.8 Å². The maximum atomic E-state index is 11.3. The molecule has 1 fully saturated rings. The van der Waals surface area contributed by atoms with Crippen molar-refractivity contribution in [2.24, 2.45) is 11.8 Å². The molecule has 2 N–H and O–H groups in total. The fourth-order valence-corrected chi connectivity index (χ4v) is 5.73. The molecule has 3 atom stereocenters. The Balaban J connectivity index is 1.34. The summed E-state index contributed by atoms with van der Waals surface area (Å²) in [4.78, 5) is 18.3. The molecule has 1 aromatic heterocycles. The Kier molecular flexibility index (Phi) is 9.53. The number of carboxylic acid groups (broad SMARTS) is 1. The predicted octanol–water partition coefficient (Wildman–Crippen LogP) is 5.80. The molecule has 2 heterocycles. The van der Waals surface area contributed by atoms with Gasteiger partial charge in [-0.05, 0) is 106 Å². The number of aromatic nitrogens is 1. The van der Waals surface area contributed by atoms with Crippen molar-refractivity contribution in [3.8, 4) is 5.75 Å². The minimum absolute atomic E-state index is 0.204. The van der Waals surface area contributed by atoms with Gasteiger partial charge in [-0.1, -0.05) is 29.8 Å². The number of pyridine rings is 1. The number of aryl methyl sites for hydroxylation is 2. The van der Waals surface area contributed by atoms with Crippen LogP contribution in [0.25, 0.3) is 10.9 Å². The topological polar surface area (TPSA) is 82.9 Å². The lowest BCUT2D eigenvalue weighted by Gasteiger charge is -2.39. The highest BCUT2D eigenvalue weighted by atomic mass is 16.5. The van der Waals surface area contributed by atoms with E-state index < -0.39 is 12.1 Å². The summed E-state index contributed by atoms with van der Waals surface area (Å²) in [5, 5.41) is 21.4. The summed E-state index contributed by atoms with van der Waals surface area (Å²) in [5.41, 5.74) is 4.38. The molecule has 3 aromatic rings. The highest BCUT2D eigenvalue weighted by Crippen LogP contribution is 2.35. The van der Waals surface area contributed by atoms with Crippen LogP contribution >= 0.6 is 0 Å². The number of aliphatic carboxylic acids is 1. The second-order valence-electron chi connectivity index (χ2n) is 10.5. The van der Waals surface area contributed by atoms with E-state index in [9.17, 15) is 15.0 Å². The first-order valence-corrected chi connectivity index (χ1v) is 13.5. The predicted molar refractivity (Wildman–Crippen MR) is 147 cm³/mol. The maximum Gasteiger partial charge on any atom is 0.303 e. The molecule has 0 unspecified atom stereocenters. The van der Waals surface area contributed by atoms with Gasteiger partial charge in [0, 0.05) is 24.5 Å². The third-order valence-corrected chi connectivity index (χ3v) is 7.92. The van der Waals surface area contributed by atoms with Crippen molar-refractivity contribution in [1.29, 1.82) is 0 Å². The number of fused-ring (bicyclic) bond motifs is 1. The molecule has 1 aliphatic rings. The number of methoxy groups -OCH3 is 1. The Morgan fingerprint density at radius 1 is 1.14 bits per heavy atom. The lowest BCUT2D eigenvalue weighted by atomic mass is 9.79. The zero-order chi connectivity index (χ0) is 26.2. The first-order valence-electron chi connectivity index (χ1n) is 13.5. The molecule has 1 saturated heterocycles. The molecular weight excluding hydrogens is 464 g/mol. The molecule has 0 aliphatic carbocycles. The van der Waals surface area contributed by atoms with E-state index in [0.717, 1.165) is 67.5 Å². The SMILES string of the molecule is COc1ccc2nccc([C@H](O)CC[C@@H]3CCN(CCCc4ccc(C)cc4)C[C@H]3CCC(=O)O)c2c1. The van der Waals surface area contributed by atoms with Gasteiger partial charge in [0.1, 0.15) is 5.75 Å². The molecule has 0 radical (unpaired) electrons. The van der Waals surface area contributed by atoms with Crippen LogP contribution in [0.3, 0.4) is 0 Å². The van der Waals surface area contributed by atoms with Crippen molar-refractivity contribution in [1.82, 2.24) is 9.88 Å². The van der Waals surface area contributed by atoms with Crippen molar-refractivity contribution in [2.75, 3.05) is 26.7 Å². The lowest BCUT2D eigenvalue weighted by molar-refractivity contribution is -0.137. The fourth-order valence-electron chi connectivity index (χ4n) is 5.73. The Morgan fingerprint density at radius 2 is 1.95 bits per heavy atom. The number of rotatable bonds is 12. The van der Waals surface area contributed by atoms with E-state index in [4.69, 9.17) is 4.74 Å². The normalized spacial score (nSPS) is 19.1. The standard InChI is InChI=1S/C31H40N2O4/c1-22-5-7-23(8-6-22)4-3-18-33-19-16-24(25(21-33)10-14-31(35)36)9-13-30(34)27-15-17-32-29-12-11-26(37-2)20-28(27)29/h5-8,11-12,15,17,20,24-25,30,34H,3-4,9-10,13-14,16,18-19,21H2,1-2H3,(H,35,36)/t24-,25-,30-/m1/s1. The van der Waals surface area contributed by atoms with Crippen LogP contribution in [-0.2, 0) is 11.2 Å². The number of hydrogen-bond acceptors (Lipinski definition) is 5. The Morgan fingerprint density at radius 3 is 2.70 bits per heavy atom. The number of carboxylic acids is 1. The summed E-state index contributed by atoms with van der Waals surface area (Å²) >= 11 is 0. The molecule has 0 spiro atoms. The average molecular weight is 505 g/mol. The molecule has 0 bridgehead atoms. The van der Waals surface area contributed by atoms with E-state index in [1.165, 1.54) is 11.1 Å². The molecule has 198 valence electrons. The number of hydrogen-bond donors (Lipinski definition) is 2. The van der Waals surface area contributed by atoms with E-state index in [0.29, 0.717) is 24.7 Å². The molecule has 4 rings (SSSR count). The minimum atomic E-state index is -0.729. The van der Waals surface area contributed by atoms with Gasteiger partial charge in [-0.3, -0.25) is 9.78 Å². The molecular formula is C31H40N2O4. The summed E-state index contributed by atoms with van der Waals surface area (Å²) in [5.74, 6) is 0.778. The molecule has 1 aliphatic heterocycles. The van der Waals surface area contributed by atoms with Crippen molar-refractivity contribution < 1.29 is 19.7 Å². The molecule has 6 nitrogen and oxygen atoms in total. The van der Waals surface area contributed by atoms with E-state index in [-0.39, 0.29) is 6.42 Å². The number of aliphatic hydroxyl groups is 1. The van der Waals surface area contributed by atoms with Crippen molar-refractivity contribution in [3.05, 3.63) is 71.4 Å². The first kappa shape index (κ1) is 27.1. The summed E-state index contributed by atoms with van der Waals surface area (Å²) in [6.07, 6.45) is 6.81. The van der Waals surface area contributed by atoms with Crippen LogP contribution in [0.15, 0.2) is 54.7 Å². The fraction of sp³-hybridized carbons (Fsp3) is 0.484. The van der Waals surface area contributed by atoms with Crippen LogP contribution in [0.2, 0.25) is 0 Å². The number of likely N-dealkylation sites (tertiary alicyclic amines) is 1. The molecule has 6 heteroatoms. The van der Waals surface area contributed by atoms with E-state index in [1.54, 1.807) is 13.3 Å². The van der Waals surface area contributed by atoms with Gasteiger partial charge in [0.05, 0.1) is 18.7 Å². The lowest BCUT2D eigenvalue weighted by Crippen LogP contribution is -2.41. The summed E-state index contributed by atoms with van der Waals surface area (Å²) in [6.45, 7) is 5.13. The Bertz CT molecular complexity index is 1160. The van der Waals surface area contributed by atoms with Crippen LogP contribution < -0.4 is 4.74 Å². The number of ether oxygens (including phenoxy) is 1. The first-order chi connectivity index (χ1) is 17.9.